The Bertz CT molecular complexity index is 507. The van der Waals surface area contributed by atoms with E-state index in [2.05, 4.69) is 5.32 Å². The van der Waals surface area contributed by atoms with Gasteiger partial charge in [-0.2, -0.15) is 0 Å². The van der Waals surface area contributed by atoms with Crippen molar-refractivity contribution in [3.8, 4) is 0 Å². The zero-order chi connectivity index (χ0) is 14.5. The highest BCUT2D eigenvalue weighted by Gasteiger charge is 2.27. The van der Waals surface area contributed by atoms with Gasteiger partial charge in [0.15, 0.2) is 0 Å². The number of likely N-dealkylation sites (tertiary alicyclic amines) is 1. The van der Waals surface area contributed by atoms with Crippen LogP contribution in [0, 0.1) is 0 Å². The van der Waals surface area contributed by atoms with Crippen LogP contribution in [0.4, 0.5) is 4.79 Å². The van der Waals surface area contributed by atoms with Gasteiger partial charge in [-0.3, -0.25) is 4.79 Å². The number of nitrogens with two attached hydrogens (primary N) is 1. The molecule has 1 atom stereocenters. The van der Waals surface area contributed by atoms with Crippen LogP contribution >= 0.6 is 11.6 Å². The number of primary amides is 1. The molecule has 2 rings (SSSR count). The molecule has 3 N–H and O–H groups in total. The van der Waals surface area contributed by atoms with Crippen molar-refractivity contribution in [2.75, 3.05) is 13.1 Å². The molecule has 1 aromatic carbocycles. The normalized spacial score (nSPS) is 18.6. The SMILES string of the molecule is NC(=O)NC[C@H]1CCCCN1C(=O)c1cccc(Cl)c1. The van der Waals surface area contributed by atoms with Crippen LogP contribution in [0.3, 0.4) is 0 Å². The zero-order valence-electron chi connectivity index (χ0n) is 11.1. The molecule has 1 heterocycles. The van der Waals surface area contributed by atoms with Gasteiger partial charge in [-0.25, -0.2) is 4.79 Å². The van der Waals surface area contributed by atoms with Crippen molar-refractivity contribution in [1.29, 1.82) is 0 Å². The van der Waals surface area contributed by atoms with E-state index in [-0.39, 0.29) is 11.9 Å². The first-order valence-corrected chi connectivity index (χ1v) is 7.05. The maximum absolute atomic E-state index is 12.5. The number of nitrogens with one attached hydrogen (secondary N) is 1. The number of hydrogen-bond donors (Lipinski definition) is 2. The maximum atomic E-state index is 12.5. The fraction of sp³-hybridized carbons (Fsp3) is 0.429. The molecule has 0 aliphatic carbocycles. The molecule has 1 aliphatic heterocycles. The Hall–Kier alpha value is -1.75. The molecule has 108 valence electrons. The number of piperidine rings is 1. The summed E-state index contributed by atoms with van der Waals surface area (Å²) in [5, 5.41) is 3.12. The first-order valence-electron chi connectivity index (χ1n) is 6.68. The van der Waals surface area contributed by atoms with Crippen molar-refractivity contribution in [2.24, 2.45) is 5.73 Å². The minimum atomic E-state index is -0.564. The van der Waals surface area contributed by atoms with E-state index >= 15 is 0 Å². The molecule has 0 aromatic heterocycles. The van der Waals surface area contributed by atoms with E-state index in [9.17, 15) is 9.59 Å². The predicted molar refractivity (Wildman–Crippen MR) is 77.7 cm³/mol. The molecule has 1 fully saturated rings. The van der Waals surface area contributed by atoms with Gasteiger partial charge in [-0.05, 0) is 37.5 Å². The van der Waals surface area contributed by atoms with E-state index in [1.54, 1.807) is 29.2 Å². The summed E-state index contributed by atoms with van der Waals surface area (Å²) in [6.07, 6.45) is 2.89. The van der Waals surface area contributed by atoms with Crippen molar-refractivity contribution in [1.82, 2.24) is 10.2 Å². The molecule has 20 heavy (non-hydrogen) atoms. The Labute approximate surface area is 123 Å². The molecule has 1 saturated heterocycles. The molecule has 0 saturated carbocycles. The van der Waals surface area contributed by atoms with Gasteiger partial charge in [-0.1, -0.05) is 17.7 Å². The largest absolute Gasteiger partial charge is 0.352 e. The molecule has 0 unspecified atom stereocenters. The van der Waals surface area contributed by atoms with Gasteiger partial charge in [0.2, 0.25) is 0 Å². The molecular formula is C14H18ClN3O2. The van der Waals surface area contributed by atoms with Crippen molar-refractivity contribution in [3.05, 3.63) is 34.9 Å². The van der Waals surface area contributed by atoms with Gasteiger partial charge in [0.1, 0.15) is 0 Å². The topological polar surface area (TPSA) is 75.4 Å². The van der Waals surface area contributed by atoms with Crippen molar-refractivity contribution < 1.29 is 9.59 Å². The van der Waals surface area contributed by atoms with Crippen LogP contribution in [0.5, 0.6) is 0 Å². The minimum absolute atomic E-state index is 0.0114. The molecule has 0 bridgehead atoms. The van der Waals surface area contributed by atoms with E-state index < -0.39 is 6.03 Å². The highest BCUT2D eigenvalue weighted by molar-refractivity contribution is 6.30. The average Bonchev–Trinajstić information content (AvgIpc) is 2.44. The van der Waals surface area contributed by atoms with Crippen molar-refractivity contribution in [3.63, 3.8) is 0 Å². The van der Waals surface area contributed by atoms with Gasteiger partial charge in [-0.15, -0.1) is 0 Å². The fourth-order valence-corrected chi connectivity index (χ4v) is 2.68. The summed E-state index contributed by atoms with van der Waals surface area (Å²) in [4.78, 5) is 25.2. The number of urea groups is 1. The van der Waals surface area contributed by atoms with Crippen LogP contribution in [0.25, 0.3) is 0 Å². The Balaban J connectivity index is 2.10. The molecule has 5 nitrogen and oxygen atoms in total. The lowest BCUT2D eigenvalue weighted by molar-refractivity contribution is 0.0615. The van der Waals surface area contributed by atoms with E-state index in [0.717, 1.165) is 19.3 Å². The van der Waals surface area contributed by atoms with E-state index in [4.69, 9.17) is 17.3 Å². The lowest BCUT2D eigenvalue weighted by Crippen LogP contribution is -2.50. The first-order chi connectivity index (χ1) is 9.58. The number of carbonyl (C=O) groups is 2. The Kier molecular flexibility index (Phi) is 4.84. The second-order valence-corrected chi connectivity index (χ2v) is 5.34. The predicted octanol–water partition coefficient (Wildman–Crippen LogP) is 2.00. The number of halogens is 1. The Morgan fingerprint density at radius 1 is 1.40 bits per heavy atom. The number of nitrogens with zero attached hydrogens (tertiary/aromatic N) is 1. The third kappa shape index (κ3) is 3.63. The van der Waals surface area contributed by atoms with Gasteiger partial charge in [0.05, 0.1) is 0 Å². The molecular weight excluding hydrogens is 278 g/mol. The van der Waals surface area contributed by atoms with Gasteiger partial charge in [0.25, 0.3) is 5.91 Å². The van der Waals surface area contributed by atoms with Crippen LogP contribution < -0.4 is 11.1 Å². The highest BCUT2D eigenvalue weighted by atomic mass is 35.5. The third-order valence-corrected chi connectivity index (χ3v) is 3.71. The Morgan fingerprint density at radius 3 is 2.90 bits per heavy atom. The summed E-state index contributed by atoms with van der Waals surface area (Å²) >= 11 is 5.92. The van der Waals surface area contributed by atoms with Crippen LogP contribution in [0.15, 0.2) is 24.3 Å². The zero-order valence-corrected chi connectivity index (χ0v) is 11.9. The molecule has 6 heteroatoms. The summed E-state index contributed by atoms with van der Waals surface area (Å²) in [5.74, 6) is -0.0523. The summed E-state index contributed by atoms with van der Waals surface area (Å²) in [6, 6.07) is 6.34. The molecule has 1 aromatic rings. The number of carbonyl (C=O) groups excluding carboxylic acids is 2. The van der Waals surface area contributed by atoms with Crippen LogP contribution in [-0.2, 0) is 0 Å². The smallest absolute Gasteiger partial charge is 0.312 e. The second-order valence-electron chi connectivity index (χ2n) is 4.90. The maximum Gasteiger partial charge on any atom is 0.312 e. The lowest BCUT2D eigenvalue weighted by atomic mass is 10.0. The van der Waals surface area contributed by atoms with Crippen LogP contribution in [-0.4, -0.2) is 36.0 Å². The summed E-state index contributed by atoms with van der Waals surface area (Å²) in [5.41, 5.74) is 5.66. The number of amides is 3. The Morgan fingerprint density at radius 2 is 2.20 bits per heavy atom. The van der Waals surface area contributed by atoms with Crippen molar-refractivity contribution >= 4 is 23.5 Å². The van der Waals surface area contributed by atoms with E-state index in [1.165, 1.54) is 0 Å². The fourth-order valence-electron chi connectivity index (χ4n) is 2.49. The van der Waals surface area contributed by atoms with Crippen LogP contribution in [0.2, 0.25) is 5.02 Å². The highest BCUT2D eigenvalue weighted by Crippen LogP contribution is 2.20. The molecule has 0 spiro atoms. The monoisotopic (exact) mass is 295 g/mol. The standard InChI is InChI=1S/C14H18ClN3O2/c15-11-5-3-4-10(8-11)13(19)18-7-2-1-6-12(18)9-17-14(16)20/h3-5,8,12H,1-2,6-7,9H2,(H3,16,17,20)/t12-/m1/s1. The van der Waals surface area contributed by atoms with Crippen LogP contribution in [0.1, 0.15) is 29.6 Å². The lowest BCUT2D eigenvalue weighted by Gasteiger charge is -2.35. The molecule has 1 aliphatic rings. The summed E-state index contributed by atoms with van der Waals surface area (Å²) in [6.45, 7) is 1.08. The van der Waals surface area contributed by atoms with Gasteiger partial charge < -0.3 is 16.0 Å². The quantitative estimate of drug-likeness (QED) is 0.895. The average molecular weight is 296 g/mol. The first kappa shape index (κ1) is 14.7. The number of rotatable bonds is 3. The molecule has 0 radical (unpaired) electrons. The number of benzene rings is 1. The summed E-state index contributed by atoms with van der Waals surface area (Å²) in [7, 11) is 0. The van der Waals surface area contributed by atoms with Crippen molar-refractivity contribution in [2.45, 2.75) is 25.3 Å². The number of hydrogen-bond acceptors (Lipinski definition) is 2. The third-order valence-electron chi connectivity index (χ3n) is 3.47. The van der Waals surface area contributed by atoms with Gasteiger partial charge in [0, 0.05) is 29.7 Å². The van der Waals surface area contributed by atoms with E-state index in [0.29, 0.717) is 23.7 Å². The summed E-state index contributed by atoms with van der Waals surface area (Å²) < 4.78 is 0. The minimum Gasteiger partial charge on any atom is -0.352 e. The van der Waals surface area contributed by atoms with E-state index in [1.807, 2.05) is 0 Å². The molecule has 3 amide bonds. The van der Waals surface area contributed by atoms with Gasteiger partial charge >= 0.3 is 6.03 Å². The second kappa shape index (κ2) is 6.61.